The molecule has 1 N–H and O–H groups in total. The summed E-state index contributed by atoms with van der Waals surface area (Å²) in [5.74, 6) is 2.10. The number of thioether (sulfide) groups is 1. The maximum atomic E-state index is 13.5. The minimum absolute atomic E-state index is 0.0166. The average molecular weight is 1080 g/mol. The van der Waals surface area contributed by atoms with Crippen LogP contribution in [0.15, 0.2) is 150 Å². The molecule has 3 atom stereocenters. The first kappa shape index (κ1) is 51.4. The number of hydrogen-bond acceptors (Lipinski definition) is 14. The van der Waals surface area contributed by atoms with Crippen LogP contribution in [-0.2, 0) is 38.1 Å². The van der Waals surface area contributed by atoms with Gasteiger partial charge in [-0.2, -0.15) is 28.0 Å². The third-order valence-electron chi connectivity index (χ3n) is 13.2. The normalized spacial score (nSPS) is 18.3. The van der Waals surface area contributed by atoms with Gasteiger partial charge in [-0.1, -0.05) is 72.4 Å². The largest absolute Gasteiger partial charge is 0.486 e. The number of fused-ring (bicyclic) bond motifs is 4. The van der Waals surface area contributed by atoms with Crippen molar-refractivity contribution in [3.05, 3.63) is 185 Å². The van der Waals surface area contributed by atoms with Crippen LogP contribution in [0.4, 0.5) is 29.1 Å². The van der Waals surface area contributed by atoms with Crippen molar-refractivity contribution in [1.82, 2.24) is 29.6 Å². The molecule has 78 heavy (non-hydrogen) atoms. The molecule has 0 aliphatic carbocycles. The van der Waals surface area contributed by atoms with Gasteiger partial charge < -0.3 is 29.2 Å². The van der Waals surface area contributed by atoms with Crippen LogP contribution < -0.4 is 24.4 Å². The molecule has 0 saturated carbocycles. The van der Waals surface area contributed by atoms with Crippen LogP contribution in [-0.4, -0.2) is 91.9 Å². The Morgan fingerprint density at radius 1 is 0.744 bits per heavy atom. The van der Waals surface area contributed by atoms with E-state index < -0.39 is 17.7 Å². The molecule has 16 nitrogen and oxygen atoms in total. The molecule has 13 rings (SSSR count). The Morgan fingerprint density at radius 3 is 2.22 bits per heavy atom. The van der Waals surface area contributed by atoms with Crippen LogP contribution in [0.3, 0.4) is 0 Å². The van der Waals surface area contributed by atoms with Gasteiger partial charge in [0.05, 0.1) is 58.9 Å². The third-order valence-corrected chi connectivity index (χ3v) is 14.4. The Labute approximate surface area is 448 Å². The molecular formula is C57H47F4N9O7S. The number of Topliss-reactive ketones (excluding diaryl/α,β-unsaturated/α-hetero) is 2. The second-order valence-corrected chi connectivity index (χ2v) is 19.9. The van der Waals surface area contributed by atoms with Gasteiger partial charge in [-0.3, -0.25) is 14.4 Å². The Morgan fingerprint density at radius 2 is 1.45 bits per heavy atom. The molecule has 5 aromatic carbocycles. The summed E-state index contributed by atoms with van der Waals surface area (Å²) >= 11 is 1.60. The van der Waals surface area contributed by atoms with Crippen molar-refractivity contribution in [1.29, 1.82) is 0 Å². The fourth-order valence-electron chi connectivity index (χ4n) is 9.50. The van der Waals surface area contributed by atoms with Crippen molar-refractivity contribution in [3.63, 3.8) is 0 Å². The smallest absolute Gasteiger partial charge is 0.435 e. The minimum Gasteiger partial charge on any atom is -0.486 e. The second kappa shape index (κ2) is 21.7. The number of nitrogens with one attached hydrogen (secondary N) is 1. The molecule has 0 bridgehead atoms. The van der Waals surface area contributed by atoms with Gasteiger partial charge in [0.15, 0.2) is 23.9 Å². The van der Waals surface area contributed by atoms with E-state index >= 15 is 0 Å². The SMILES string of the molecule is C[C@@H]1CN(c2ccc3c(n2)CC(=O)CO3)[C@H](c2ccccc2)CO1.Cc1cc(F)ccc1-n1nc(C(F)(F)F)cc1-c1ccc2c(c1)CC(=O)CO2.O=C1COc2ccc(C3=Nn4cnnc4SC3c3ccccc3)cc2N1. The first-order valence-corrected chi connectivity index (χ1v) is 25.7. The summed E-state index contributed by atoms with van der Waals surface area (Å²) in [5.41, 5.74) is 6.45. The van der Waals surface area contributed by atoms with Gasteiger partial charge >= 0.3 is 6.18 Å². The number of morpholine rings is 1. The van der Waals surface area contributed by atoms with E-state index in [1.165, 1.54) is 23.8 Å². The van der Waals surface area contributed by atoms with Crippen LogP contribution in [0.1, 0.15) is 57.4 Å². The highest BCUT2D eigenvalue weighted by Crippen LogP contribution is 2.42. The number of carbonyl (C=O) groups is 3. The van der Waals surface area contributed by atoms with Crippen molar-refractivity contribution >= 4 is 46.5 Å². The van der Waals surface area contributed by atoms with Crippen molar-refractivity contribution in [2.45, 2.75) is 55.4 Å². The van der Waals surface area contributed by atoms with Gasteiger partial charge in [0.2, 0.25) is 5.16 Å². The number of aromatic nitrogens is 6. The molecule has 0 radical (unpaired) electrons. The molecule has 5 aliphatic heterocycles. The van der Waals surface area contributed by atoms with Crippen molar-refractivity contribution in [2.24, 2.45) is 5.10 Å². The molecular weight excluding hydrogens is 1030 g/mol. The quantitative estimate of drug-likeness (QED) is 0.156. The molecule has 1 fully saturated rings. The maximum Gasteiger partial charge on any atom is 0.435 e. The number of nitrogens with zero attached hydrogens (tertiary/aromatic N) is 8. The summed E-state index contributed by atoms with van der Waals surface area (Å²) in [6.45, 7) is 5.22. The molecule has 0 spiro atoms. The first-order valence-electron chi connectivity index (χ1n) is 24.8. The number of alkyl halides is 3. The lowest BCUT2D eigenvalue weighted by molar-refractivity contribution is -0.141. The van der Waals surface area contributed by atoms with Gasteiger partial charge in [-0.15, -0.1) is 10.2 Å². The summed E-state index contributed by atoms with van der Waals surface area (Å²) < 4.78 is 78.3. The van der Waals surface area contributed by atoms with Crippen LogP contribution in [0, 0.1) is 12.7 Å². The lowest BCUT2D eigenvalue weighted by Crippen LogP contribution is -2.44. The monoisotopic (exact) mass is 1080 g/mol. The third kappa shape index (κ3) is 11.1. The van der Waals surface area contributed by atoms with Crippen LogP contribution >= 0.6 is 11.8 Å². The van der Waals surface area contributed by atoms with E-state index in [-0.39, 0.29) is 66.8 Å². The number of rotatable bonds is 6. The number of anilines is 2. The van der Waals surface area contributed by atoms with E-state index in [9.17, 15) is 31.9 Å². The molecule has 396 valence electrons. The number of halogens is 4. The van der Waals surface area contributed by atoms with Crippen LogP contribution in [0.5, 0.6) is 17.2 Å². The number of hydrogen-bond donors (Lipinski definition) is 1. The standard InChI is InChI=1S/C20H14F4N2O2.C19H20N2O3.C18H13N5O2S/c1-11-6-14(21)3-4-16(11)26-17(9-19(25-26)20(22,23)24)12-2-5-18-13(7-12)8-15(27)10-28-18;1-13-10-21(17(12-23-13)14-5-3-2-4-6-14)19-8-7-18-16(20-19)9-15(22)11-24-18;24-15-9-25-14-7-6-12(8-13(14)20-15)16-17(11-4-2-1-3-5-11)26-18-21-19-10-23(18)22-16/h2-7,9H,8,10H2,1H3;2-8,13,17H,9-12H2,1H3;1-8,10,17H,9H2,(H,20,24)/t;13-,17+;/m.1./s1. The topological polar surface area (TPSA) is 177 Å². The highest BCUT2D eigenvalue weighted by Gasteiger charge is 2.36. The molecule has 3 aromatic heterocycles. The van der Waals surface area contributed by atoms with Crippen LogP contribution in [0.2, 0.25) is 0 Å². The fraction of sp³-hybridized carbons (Fsp3) is 0.228. The number of ketones is 2. The molecule has 1 amide bonds. The molecule has 1 saturated heterocycles. The molecule has 8 aromatic rings. The second-order valence-electron chi connectivity index (χ2n) is 18.8. The van der Waals surface area contributed by atoms with Crippen molar-refractivity contribution in [2.75, 3.05) is 43.2 Å². The Kier molecular flexibility index (Phi) is 14.3. The predicted molar refractivity (Wildman–Crippen MR) is 281 cm³/mol. The fourth-order valence-corrected chi connectivity index (χ4v) is 10.6. The van der Waals surface area contributed by atoms with Gasteiger partial charge in [0.25, 0.3) is 5.91 Å². The molecule has 1 unspecified atom stereocenters. The summed E-state index contributed by atoms with van der Waals surface area (Å²) in [6.07, 6.45) is -2.41. The van der Waals surface area contributed by atoms with E-state index in [1.807, 2.05) is 66.7 Å². The van der Waals surface area contributed by atoms with E-state index in [0.29, 0.717) is 52.6 Å². The Bertz CT molecular complexity index is 3610. The highest BCUT2D eigenvalue weighted by molar-refractivity contribution is 8.00. The van der Waals surface area contributed by atoms with Crippen molar-refractivity contribution in [3.8, 4) is 34.2 Å². The zero-order valence-electron chi connectivity index (χ0n) is 41.8. The average Bonchev–Trinajstić information content (AvgIpc) is 4.15. The number of pyridine rings is 1. The summed E-state index contributed by atoms with van der Waals surface area (Å²) in [7, 11) is 0. The highest BCUT2D eigenvalue weighted by atomic mass is 32.2. The van der Waals surface area contributed by atoms with Crippen molar-refractivity contribution < 1.29 is 50.9 Å². The lowest BCUT2D eigenvalue weighted by Gasteiger charge is -2.40. The Balaban J connectivity index is 0.000000124. The number of benzene rings is 5. The lowest BCUT2D eigenvalue weighted by atomic mass is 10.0. The van der Waals surface area contributed by atoms with E-state index in [0.717, 1.165) is 56.5 Å². The number of ether oxygens (including phenoxy) is 4. The van der Waals surface area contributed by atoms with Gasteiger partial charge in [0.1, 0.15) is 48.4 Å². The van der Waals surface area contributed by atoms with Gasteiger partial charge in [0, 0.05) is 29.7 Å². The van der Waals surface area contributed by atoms with E-state index in [4.69, 9.17) is 29.0 Å². The summed E-state index contributed by atoms with van der Waals surface area (Å²) in [4.78, 5) is 41.9. The van der Waals surface area contributed by atoms with Gasteiger partial charge in [-0.25, -0.2) is 14.1 Å². The van der Waals surface area contributed by atoms with E-state index in [1.54, 1.807) is 47.9 Å². The van der Waals surface area contributed by atoms with Gasteiger partial charge in [-0.05, 0) is 103 Å². The maximum absolute atomic E-state index is 13.5. The predicted octanol–water partition coefficient (Wildman–Crippen LogP) is 9.77. The summed E-state index contributed by atoms with van der Waals surface area (Å²) in [6, 6.07) is 39.8. The number of aryl methyl sites for hydroxylation is 1. The minimum atomic E-state index is -4.64. The molecule has 21 heteroatoms. The van der Waals surface area contributed by atoms with E-state index in [2.05, 4.69) is 56.7 Å². The number of carbonyl (C=O) groups excluding carboxylic acids is 3. The zero-order valence-corrected chi connectivity index (χ0v) is 42.6. The molecule has 5 aliphatic rings. The summed E-state index contributed by atoms with van der Waals surface area (Å²) in [5, 5.41) is 20.1. The Hall–Kier alpha value is -8.69. The van der Waals surface area contributed by atoms with Crippen LogP contribution in [0.25, 0.3) is 16.9 Å². The zero-order chi connectivity index (χ0) is 54.1. The first-order chi connectivity index (χ1) is 37.7. The molecule has 8 heterocycles. The number of amides is 1.